The first kappa shape index (κ1) is 16.5. The highest BCUT2D eigenvalue weighted by Crippen LogP contribution is 2.33. The molecule has 2 rings (SSSR count). The molecule has 0 aliphatic carbocycles. The van der Waals surface area contributed by atoms with Crippen LogP contribution in [0.2, 0.25) is 10.0 Å². The molecule has 1 aromatic carbocycles. The Morgan fingerprint density at radius 1 is 1.10 bits per heavy atom. The van der Waals surface area contributed by atoms with E-state index in [0.29, 0.717) is 13.1 Å². The van der Waals surface area contributed by atoms with Gasteiger partial charge < -0.3 is 5.11 Å². The lowest BCUT2D eigenvalue weighted by molar-refractivity contribution is 0.0697. The Kier molecular flexibility index (Phi) is 5.14. The molecule has 0 radical (unpaired) electrons. The summed E-state index contributed by atoms with van der Waals surface area (Å²) in [6, 6.07) is 2.51. The SMILES string of the molecule is O=C(O)c1c(Cl)ccc(S(=O)(=O)N2CCCCCC2)c1Cl. The van der Waals surface area contributed by atoms with Crippen LogP contribution >= 0.6 is 23.2 Å². The average Bonchev–Trinajstić information content (AvgIpc) is 2.67. The van der Waals surface area contributed by atoms with Gasteiger partial charge in [-0.3, -0.25) is 0 Å². The molecule has 1 heterocycles. The van der Waals surface area contributed by atoms with E-state index in [1.807, 2.05) is 0 Å². The molecule has 116 valence electrons. The maximum Gasteiger partial charge on any atom is 0.338 e. The van der Waals surface area contributed by atoms with Gasteiger partial charge in [0.2, 0.25) is 10.0 Å². The van der Waals surface area contributed by atoms with Crippen LogP contribution in [0.15, 0.2) is 17.0 Å². The predicted octanol–water partition coefficient (Wildman–Crippen LogP) is 3.26. The zero-order valence-electron chi connectivity index (χ0n) is 11.2. The van der Waals surface area contributed by atoms with Crippen LogP contribution in [-0.4, -0.2) is 36.9 Å². The number of carbonyl (C=O) groups is 1. The summed E-state index contributed by atoms with van der Waals surface area (Å²) >= 11 is 11.8. The monoisotopic (exact) mass is 351 g/mol. The van der Waals surface area contributed by atoms with E-state index in [9.17, 15) is 13.2 Å². The smallest absolute Gasteiger partial charge is 0.338 e. The molecule has 1 N–H and O–H groups in total. The standard InChI is InChI=1S/C13H15Cl2NO4S/c14-9-5-6-10(12(15)11(9)13(17)18)21(19,20)16-7-3-1-2-4-8-16/h5-6H,1-4,7-8H2,(H,17,18). The van der Waals surface area contributed by atoms with Gasteiger partial charge in [-0.1, -0.05) is 36.0 Å². The fraction of sp³-hybridized carbons (Fsp3) is 0.462. The van der Waals surface area contributed by atoms with Crippen LogP contribution < -0.4 is 0 Å². The Bertz CT molecular complexity index is 652. The van der Waals surface area contributed by atoms with Crippen LogP contribution in [0.5, 0.6) is 0 Å². The Morgan fingerprint density at radius 2 is 1.67 bits per heavy atom. The zero-order chi connectivity index (χ0) is 15.6. The summed E-state index contributed by atoms with van der Waals surface area (Å²) in [6.45, 7) is 0.841. The van der Waals surface area contributed by atoms with Crippen LogP contribution in [0.4, 0.5) is 0 Å². The molecule has 0 amide bonds. The Labute approximate surface area is 133 Å². The maximum absolute atomic E-state index is 12.7. The molecule has 1 aromatic rings. The molecule has 1 aliphatic heterocycles. The molecule has 21 heavy (non-hydrogen) atoms. The maximum atomic E-state index is 12.7. The van der Waals surface area contributed by atoms with Gasteiger partial charge in [0.05, 0.1) is 15.6 Å². The summed E-state index contributed by atoms with van der Waals surface area (Å²) < 4.78 is 26.7. The largest absolute Gasteiger partial charge is 0.478 e. The van der Waals surface area contributed by atoms with E-state index in [4.69, 9.17) is 28.3 Å². The topological polar surface area (TPSA) is 74.7 Å². The number of hydrogen-bond acceptors (Lipinski definition) is 3. The van der Waals surface area contributed by atoms with Crippen LogP contribution in [-0.2, 0) is 10.0 Å². The molecule has 8 heteroatoms. The number of nitrogens with zero attached hydrogens (tertiary/aromatic N) is 1. The van der Waals surface area contributed by atoms with Crippen molar-refractivity contribution in [3.05, 3.63) is 27.7 Å². The molecule has 0 atom stereocenters. The average molecular weight is 352 g/mol. The van der Waals surface area contributed by atoms with Crippen molar-refractivity contribution >= 4 is 39.2 Å². The molecule has 0 unspecified atom stereocenters. The summed E-state index contributed by atoms with van der Waals surface area (Å²) in [6.07, 6.45) is 3.55. The molecular formula is C13H15Cl2NO4S. The third-order valence-corrected chi connectivity index (χ3v) is 6.21. The van der Waals surface area contributed by atoms with Crippen LogP contribution in [0.25, 0.3) is 0 Å². The van der Waals surface area contributed by atoms with Crippen molar-refractivity contribution in [3.63, 3.8) is 0 Å². The predicted molar refractivity (Wildman–Crippen MR) is 80.6 cm³/mol. The van der Waals surface area contributed by atoms with Gasteiger partial charge in [0.25, 0.3) is 0 Å². The van der Waals surface area contributed by atoms with E-state index in [2.05, 4.69) is 0 Å². The van der Waals surface area contributed by atoms with Crippen molar-refractivity contribution in [2.45, 2.75) is 30.6 Å². The van der Waals surface area contributed by atoms with Crippen molar-refractivity contribution < 1.29 is 18.3 Å². The number of sulfonamides is 1. The van der Waals surface area contributed by atoms with Crippen molar-refractivity contribution in [2.75, 3.05) is 13.1 Å². The number of halogens is 2. The number of aromatic carboxylic acids is 1. The van der Waals surface area contributed by atoms with E-state index < -0.39 is 16.0 Å². The first-order chi connectivity index (χ1) is 9.85. The molecule has 1 fully saturated rings. The number of benzene rings is 1. The summed E-state index contributed by atoms with van der Waals surface area (Å²) in [5, 5.41) is 8.70. The van der Waals surface area contributed by atoms with Gasteiger partial charge in [-0.05, 0) is 25.0 Å². The summed E-state index contributed by atoms with van der Waals surface area (Å²) in [4.78, 5) is 11.0. The third-order valence-electron chi connectivity index (χ3n) is 3.45. The van der Waals surface area contributed by atoms with Gasteiger partial charge in [0.1, 0.15) is 4.90 Å². The molecule has 0 saturated carbocycles. The minimum absolute atomic E-state index is 0.0812. The van der Waals surface area contributed by atoms with Crippen LogP contribution in [0.3, 0.4) is 0 Å². The molecule has 1 aliphatic rings. The molecular weight excluding hydrogens is 337 g/mol. The van der Waals surface area contributed by atoms with Gasteiger partial charge in [-0.15, -0.1) is 0 Å². The Morgan fingerprint density at radius 3 is 2.19 bits per heavy atom. The van der Waals surface area contributed by atoms with Crippen molar-refractivity contribution in [2.24, 2.45) is 0 Å². The van der Waals surface area contributed by atoms with E-state index in [1.54, 1.807) is 0 Å². The number of carboxylic acid groups (broad SMARTS) is 1. The zero-order valence-corrected chi connectivity index (χ0v) is 13.5. The first-order valence-corrected chi connectivity index (χ1v) is 8.76. The molecule has 5 nitrogen and oxygen atoms in total. The van der Waals surface area contributed by atoms with Crippen molar-refractivity contribution in [3.8, 4) is 0 Å². The summed E-state index contributed by atoms with van der Waals surface area (Å²) in [5.74, 6) is -1.35. The lowest BCUT2D eigenvalue weighted by Crippen LogP contribution is -2.32. The van der Waals surface area contributed by atoms with E-state index in [-0.39, 0.29) is 20.5 Å². The van der Waals surface area contributed by atoms with Crippen LogP contribution in [0.1, 0.15) is 36.0 Å². The second-order valence-electron chi connectivity index (χ2n) is 4.86. The number of carboxylic acids is 1. The van der Waals surface area contributed by atoms with Crippen molar-refractivity contribution in [1.29, 1.82) is 0 Å². The van der Waals surface area contributed by atoms with Gasteiger partial charge >= 0.3 is 5.97 Å². The number of rotatable bonds is 3. The lowest BCUT2D eigenvalue weighted by Gasteiger charge is -2.21. The molecule has 0 bridgehead atoms. The number of hydrogen-bond donors (Lipinski definition) is 1. The van der Waals surface area contributed by atoms with Gasteiger partial charge in [-0.2, -0.15) is 4.31 Å². The minimum Gasteiger partial charge on any atom is -0.478 e. The Balaban J connectivity index is 2.49. The Hall–Kier alpha value is -0.820. The fourth-order valence-electron chi connectivity index (χ4n) is 2.35. The lowest BCUT2D eigenvalue weighted by atomic mass is 10.2. The van der Waals surface area contributed by atoms with Gasteiger partial charge in [0.15, 0.2) is 0 Å². The minimum atomic E-state index is -3.81. The third kappa shape index (κ3) is 3.34. The van der Waals surface area contributed by atoms with Crippen molar-refractivity contribution in [1.82, 2.24) is 4.31 Å². The highest BCUT2D eigenvalue weighted by molar-refractivity contribution is 7.89. The molecule has 0 aromatic heterocycles. The normalized spacial score (nSPS) is 17.4. The quantitative estimate of drug-likeness (QED) is 0.906. The summed E-state index contributed by atoms with van der Waals surface area (Å²) in [5.41, 5.74) is -0.380. The fourth-order valence-corrected chi connectivity index (χ4v) is 4.76. The van der Waals surface area contributed by atoms with Gasteiger partial charge in [0, 0.05) is 13.1 Å². The van der Waals surface area contributed by atoms with E-state index in [1.165, 1.54) is 16.4 Å². The van der Waals surface area contributed by atoms with E-state index in [0.717, 1.165) is 25.7 Å². The second kappa shape index (κ2) is 6.52. The first-order valence-electron chi connectivity index (χ1n) is 6.57. The van der Waals surface area contributed by atoms with Gasteiger partial charge in [-0.25, -0.2) is 13.2 Å². The highest BCUT2D eigenvalue weighted by atomic mass is 35.5. The highest BCUT2D eigenvalue weighted by Gasteiger charge is 2.30. The second-order valence-corrected chi connectivity index (χ2v) is 7.55. The van der Waals surface area contributed by atoms with Crippen LogP contribution in [0, 0.1) is 0 Å². The molecule has 1 saturated heterocycles. The molecule has 0 spiro atoms. The van der Waals surface area contributed by atoms with E-state index >= 15 is 0 Å². The summed E-state index contributed by atoms with van der Waals surface area (Å²) in [7, 11) is -3.81.